The molecular formula is C22H25N3O4. The minimum absolute atomic E-state index is 0.0489. The van der Waals surface area contributed by atoms with Gasteiger partial charge >= 0.3 is 0 Å². The Morgan fingerprint density at radius 1 is 1.07 bits per heavy atom. The zero-order chi connectivity index (χ0) is 20.4. The summed E-state index contributed by atoms with van der Waals surface area (Å²) >= 11 is 0. The molecule has 2 aliphatic heterocycles. The number of benzene rings is 2. The monoisotopic (exact) mass is 395 g/mol. The molecule has 2 aromatic rings. The predicted molar refractivity (Wildman–Crippen MR) is 108 cm³/mol. The second-order valence-corrected chi connectivity index (χ2v) is 7.63. The SMILES string of the molecule is O=C(NO)c1cc(O)c2c(c1)CCCN(CCC(=O)N1CCc3ccccc31)C2. The van der Waals surface area contributed by atoms with E-state index in [4.69, 9.17) is 5.21 Å². The fourth-order valence-corrected chi connectivity index (χ4v) is 4.29. The van der Waals surface area contributed by atoms with E-state index in [1.165, 1.54) is 11.6 Å². The van der Waals surface area contributed by atoms with Gasteiger partial charge in [-0.15, -0.1) is 0 Å². The van der Waals surface area contributed by atoms with Crippen molar-refractivity contribution >= 4 is 17.5 Å². The number of hydroxylamine groups is 1. The third kappa shape index (κ3) is 3.97. The molecule has 0 bridgehead atoms. The van der Waals surface area contributed by atoms with E-state index in [0.29, 0.717) is 19.5 Å². The predicted octanol–water partition coefficient (Wildman–Crippen LogP) is 2.24. The van der Waals surface area contributed by atoms with Crippen molar-refractivity contribution in [2.75, 3.05) is 24.5 Å². The Kier molecular flexibility index (Phi) is 5.51. The molecule has 7 heteroatoms. The molecule has 0 aromatic heterocycles. The maximum atomic E-state index is 12.8. The first-order valence-electron chi connectivity index (χ1n) is 9.96. The highest BCUT2D eigenvalue weighted by molar-refractivity contribution is 5.95. The number of para-hydroxylation sites is 1. The van der Waals surface area contributed by atoms with Crippen LogP contribution in [-0.2, 0) is 24.2 Å². The smallest absolute Gasteiger partial charge is 0.274 e. The number of phenols is 1. The second-order valence-electron chi connectivity index (χ2n) is 7.63. The molecular weight excluding hydrogens is 370 g/mol. The third-order valence-electron chi connectivity index (χ3n) is 5.81. The fraction of sp³-hybridized carbons (Fsp3) is 0.364. The van der Waals surface area contributed by atoms with Gasteiger partial charge in [0.05, 0.1) is 0 Å². The quantitative estimate of drug-likeness (QED) is 0.545. The van der Waals surface area contributed by atoms with Gasteiger partial charge in [0.15, 0.2) is 0 Å². The van der Waals surface area contributed by atoms with Gasteiger partial charge < -0.3 is 10.0 Å². The number of nitrogens with zero attached hydrogens (tertiary/aromatic N) is 2. The molecule has 2 heterocycles. The van der Waals surface area contributed by atoms with Crippen LogP contribution in [0.1, 0.15) is 39.9 Å². The summed E-state index contributed by atoms with van der Waals surface area (Å²) in [6.45, 7) is 2.71. The summed E-state index contributed by atoms with van der Waals surface area (Å²) in [5.41, 5.74) is 5.78. The van der Waals surface area contributed by atoms with E-state index in [2.05, 4.69) is 11.0 Å². The largest absolute Gasteiger partial charge is 0.508 e. The molecule has 7 nitrogen and oxygen atoms in total. The summed E-state index contributed by atoms with van der Waals surface area (Å²) < 4.78 is 0. The topological polar surface area (TPSA) is 93.1 Å². The molecule has 0 unspecified atom stereocenters. The average molecular weight is 395 g/mol. The van der Waals surface area contributed by atoms with Gasteiger partial charge in [0.2, 0.25) is 5.91 Å². The summed E-state index contributed by atoms with van der Waals surface area (Å²) in [4.78, 5) is 28.5. The maximum Gasteiger partial charge on any atom is 0.274 e. The van der Waals surface area contributed by atoms with Gasteiger partial charge in [0, 0.05) is 42.9 Å². The van der Waals surface area contributed by atoms with Crippen LogP contribution in [0.4, 0.5) is 5.69 Å². The first-order valence-corrected chi connectivity index (χ1v) is 9.96. The van der Waals surface area contributed by atoms with Crippen molar-refractivity contribution < 1.29 is 19.9 Å². The first kappa shape index (κ1) is 19.4. The number of rotatable bonds is 4. The van der Waals surface area contributed by atoms with Gasteiger partial charge in [-0.3, -0.25) is 19.7 Å². The van der Waals surface area contributed by atoms with Crippen molar-refractivity contribution in [1.82, 2.24) is 10.4 Å². The van der Waals surface area contributed by atoms with Crippen LogP contribution < -0.4 is 10.4 Å². The van der Waals surface area contributed by atoms with Gasteiger partial charge in [0.25, 0.3) is 5.91 Å². The van der Waals surface area contributed by atoms with Gasteiger partial charge in [0.1, 0.15) is 5.75 Å². The van der Waals surface area contributed by atoms with E-state index in [0.717, 1.165) is 49.2 Å². The number of fused-ring (bicyclic) bond motifs is 2. The highest BCUT2D eigenvalue weighted by Crippen LogP contribution is 2.30. The lowest BCUT2D eigenvalue weighted by Crippen LogP contribution is -2.33. The number of nitrogens with one attached hydrogen (secondary N) is 1. The summed E-state index contributed by atoms with van der Waals surface area (Å²) in [6.07, 6.45) is 2.93. The molecule has 0 spiro atoms. The fourth-order valence-electron chi connectivity index (χ4n) is 4.29. The number of hydrogen-bond acceptors (Lipinski definition) is 5. The van der Waals surface area contributed by atoms with Crippen LogP contribution in [0.3, 0.4) is 0 Å². The van der Waals surface area contributed by atoms with E-state index in [9.17, 15) is 14.7 Å². The molecule has 2 aliphatic rings. The van der Waals surface area contributed by atoms with E-state index >= 15 is 0 Å². The lowest BCUT2D eigenvalue weighted by Gasteiger charge is -2.23. The Morgan fingerprint density at radius 3 is 2.72 bits per heavy atom. The molecule has 0 aliphatic carbocycles. The van der Waals surface area contributed by atoms with Crippen molar-refractivity contribution in [3.8, 4) is 5.75 Å². The summed E-state index contributed by atoms with van der Waals surface area (Å²) in [5, 5.41) is 19.2. The van der Waals surface area contributed by atoms with Gasteiger partial charge in [-0.25, -0.2) is 5.48 Å². The van der Waals surface area contributed by atoms with Crippen molar-refractivity contribution in [3.05, 3.63) is 58.7 Å². The molecule has 0 saturated carbocycles. The first-order chi connectivity index (χ1) is 14.1. The number of aryl methyl sites for hydroxylation is 1. The minimum Gasteiger partial charge on any atom is -0.508 e. The van der Waals surface area contributed by atoms with Crippen LogP contribution in [0.5, 0.6) is 5.75 Å². The molecule has 0 fully saturated rings. The van der Waals surface area contributed by atoms with Crippen molar-refractivity contribution in [1.29, 1.82) is 0 Å². The summed E-state index contributed by atoms with van der Waals surface area (Å²) in [7, 11) is 0. The number of aromatic hydroxyl groups is 1. The van der Waals surface area contributed by atoms with Crippen LogP contribution in [0, 0.1) is 0 Å². The van der Waals surface area contributed by atoms with Gasteiger partial charge in [-0.2, -0.15) is 0 Å². The standard InChI is InChI=1S/C22H25N3O4/c26-20-13-17(22(28)23-29)12-16-5-3-9-24(14-18(16)20)10-8-21(27)25-11-7-15-4-1-2-6-19(15)25/h1-2,4,6,12-13,26,29H,3,5,7-11,14H2,(H,23,28). The second kappa shape index (κ2) is 8.23. The zero-order valence-corrected chi connectivity index (χ0v) is 16.2. The van der Waals surface area contributed by atoms with E-state index < -0.39 is 5.91 Å². The number of carbonyl (C=O) groups excluding carboxylic acids is 2. The lowest BCUT2D eigenvalue weighted by atomic mass is 9.99. The molecule has 2 amide bonds. The van der Waals surface area contributed by atoms with E-state index in [-0.39, 0.29) is 17.2 Å². The summed E-state index contributed by atoms with van der Waals surface area (Å²) in [5.74, 6) is -0.466. The summed E-state index contributed by atoms with van der Waals surface area (Å²) in [6, 6.07) is 11.1. The Labute approximate surface area is 169 Å². The number of amides is 2. The molecule has 3 N–H and O–H groups in total. The molecule has 0 radical (unpaired) electrons. The van der Waals surface area contributed by atoms with Gasteiger partial charge in [-0.1, -0.05) is 18.2 Å². The average Bonchev–Trinajstić information content (AvgIpc) is 3.05. The normalized spacial score (nSPS) is 16.1. The van der Waals surface area contributed by atoms with Crippen molar-refractivity contribution in [2.45, 2.75) is 32.2 Å². The number of carbonyl (C=O) groups is 2. The molecule has 152 valence electrons. The third-order valence-corrected chi connectivity index (χ3v) is 5.81. The van der Waals surface area contributed by atoms with Crippen LogP contribution in [0.2, 0.25) is 0 Å². The highest BCUT2D eigenvalue weighted by atomic mass is 16.5. The number of hydrogen-bond donors (Lipinski definition) is 3. The lowest BCUT2D eigenvalue weighted by molar-refractivity contribution is -0.118. The van der Waals surface area contributed by atoms with Crippen LogP contribution in [0.25, 0.3) is 0 Å². The Balaban J connectivity index is 1.42. The zero-order valence-electron chi connectivity index (χ0n) is 16.2. The highest BCUT2D eigenvalue weighted by Gasteiger charge is 2.25. The van der Waals surface area contributed by atoms with Crippen molar-refractivity contribution in [2.24, 2.45) is 0 Å². The van der Waals surface area contributed by atoms with Crippen LogP contribution in [-0.4, -0.2) is 46.7 Å². The Bertz CT molecular complexity index is 944. The van der Waals surface area contributed by atoms with Gasteiger partial charge in [-0.05, 0) is 55.1 Å². The Hall–Kier alpha value is -2.90. The molecule has 29 heavy (non-hydrogen) atoms. The molecule has 2 aromatic carbocycles. The van der Waals surface area contributed by atoms with Crippen LogP contribution in [0.15, 0.2) is 36.4 Å². The van der Waals surface area contributed by atoms with E-state index in [1.54, 1.807) is 11.5 Å². The molecule has 0 saturated heterocycles. The van der Waals surface area contributed by atoms with E-state index in [1.807, 2.05) is 23.1 Å². The molecule has 0 atom stereocenters. The minimum atomic E-state index is -0.638. The maximum absolute atomic E-state index is 12.8. The molecule has 4 rings (SSSR count). The van der Waals surface area contributed by atoms with Crippen molar-refractivity contribution in [3.63, 3.8) is 0 Å². The number of anilines is 1. The number of phenolic OH excluding ortho intramolecular Hbond substituents is 1. The Morgan fingerprint density at radius 2 is 1.90 bits per heavy atom. The van der Waals surface area contributed by atoms with Crippen LogP contribution >= 0.6 is 0 Å².